The fourth-order valence-corrected chi connectivity index (χ4v) is 2.76. The second-order valence-electron chi connectivity index (χ2n) is 6.36. The minimum absolute atomic E-state index is 0. The number of hydrogen-bond donors (Lipinski definition) is 4. The fraction of sp³-hybridized carbons (Fsp3) is 0.882. The Morgan fingerprint density at radius 2 is 1.44 bits per heavy atom. The molecule has 0 bridgehead atoms. The van der Waals surface area contributed by atoms with Gasteiger partial charge in [0.25, 0.3) is 0 Å². The largest absolute Gasteiger partial charge is 0.481 e. The van der Waals surface area contributed by atoms with E-state index in [0.717, 1.165) is 38.9 Å². The summed E-state index contributed by atoms with van der Waals surface area (Å²) in [5, 5.41) is 17.3. The molecular formula is C17H35N3O4Pt. The van der Waals surface area contributed by atoms with E-state index >= 15 is 0 Å². The number of nitrogens with zero attached hydrogens (tertiary/aromatic N) is 1. The van der Waals surface area contributed by atoms with Gasteiger partial charge in [0.1, 0.15) is 0 Å². The molecule has 0 radical (unpaired) electrons. The Morgan fingerprint density at radius 3 is 1.76 bits per heavy atom. The van der Waals surface area contributed by atoms with E-state index in [1.807, 2.05) is 0 Å². The van der Waals surface area contributed by atoms with Gasteiger partial charge in [-0.2, -0.15) is 0 Å². The van der Waals surface area contributed by atoms with Gasteiger partial charge in [-0.1, -0.05) is 33.1 Å². The Balaban J connectivity index is 0. The van der Waals surface area contributed by atoms with Crippen LogP contribution in [0, 0.1) is 5.92 Å². The number of aliphatic carboxylic acids is 2. The number of carbonyl (C=O) groups is 2. The van der Waals surface area contributed by atoms with Crippen LogP contribution in [-0.2, 0) is 30.7 Å². The van der Waals surface area contributed by atoms with Gasteiger partial charge in [0.2, 0.25) is 0 Å². The van der Waals surface area contributed by atoms with E-state index in [-0.39, 0.29) is 39.6 Å². The van der Waals surface area contributed by atoms with Gasteiger partial charge in [-0.25, -0.2) is 0 Å². The number of carboxylic acids is 2. The third-order valence-corrected chi connectivity index (χ3v) is 4.58. The van der Waals surface area contributed by atoms with Crippen molar-refractivity contribution in [2.24, 2.45) is 17.4 Å². The maximum atomic E-state index is 10.6. The van der Waals surface area contributed by atoms with Crippen LogP contribution in [0.2, 0.25) is 0 Å². The molecule has 1 aliphatic carbocycles. The van der Waals surface area contributed by atoms with Crippen molar-refractivity contribution >= 4 is 11.9 Å². The second-order valence-corrected chi connectivity index (χ2v) is 6.36. The van der Waals surface area contributed by atoms with Gasteiger partial charge in [-0.3, -0.25) is 9.59 Å². The molecule has 2 atom stereocenters. The summed E-state index contributed by atoms with van der Waals surface area (Å²) in [6.07, 6.45) is 6.50. The average molecular weight is 541 g/mol. The molecule has 1 aliphatic rings. The number of nitrogens with two attached hydrogens (primary N) is 2. The zero-order valence-electron chi connectivity index (χ0n) is 15.4. The third-order valence-electron chi connectivity index (χ3n) is 4.58. The van der Waals surface area contributed by atoms with Crippen molar-refractivity contribution in [3.63, 3.8) is 0 Å². The van der Waals surface area contributed by atoms with Crippen molar-refractivity contribution in [1.82, 2.24) is 4.90 Å². The molecule has 0 aromatic rings. The van der Waals surface area contributed by atoms with Crippen molar-refractivity contribution in [2.45, 2.75) is 70.9 Å². The zero-order chi connectivity index (χ0) is 18.5. The van der Waals surface area contributed by atoms with E-state index in [2.05, 4.69) is 18.7 Å². The summed E-state index contributed by atoms with van der Waals surface area (Å²) in [5.74, 6) is -3.73. The van der Waals surface area contributed by atoms with Gasteiger partial charge < -0.3 is 26.6 Å². The van der Waals surface area contributed by atoms with E-state index in [0.29, 0.717) is 6.42 Å². The van der Waals surface area contributed by atoms with Crippen LogP contribution in [0.3, 0.4) is 0 Å². The molecule has 0 spiro atoms. The zero-order valence-corrected chi connectivity index (χ0v) is 17.7. The maximum Gasteiger partial charge on any atom is 0.317 e. The van der Waals surface area contributed by atoms with Crippen LogP contribution in [0.4, 0.5) is 0 Å². The first kappa shape index (κ1) is 26.7. The number of rotatable bonds is 9. The number of hydrogen-bond acceptors (Lipinski definition) is 5. The van der Waals surface area contributed by atoms with Gasteiger partial charge in [0, 0.05) is 33.1 Å². The molecular weight excluding hydrogens is 505 g/mol. The molecule has 152 valence electrons. The average Bonchev–Trinajstić information content (AvgIpc) is 2.53. The van der Waals surface area contributed by atoms with Crippen LogP contribution < -0.4 is 11.5 Å². The van der Waals surface area contributed by atoms with Crippen molar-refractivity contribution < 1.29 is 40.9 Å². The maximum absolute atomic E-state index is 10.6. The molecule has 0 saturated heterocycles. The Hall–Kier alpha value is -0.492. The summed E-state index contributed by atoms with van der Waals surface area (Å²) in [7, 11) is 0. The van der Waals surface area contributed by atoms with E-state index in [1.54, 1.807) is 0 Å². The van der Waals surface area contributed by atoms with Crippen molar-refractivity contribution in [3.05, 3.63) is 0 Å². The quantitative estimate of drug-likeness (QED) is 0.258. The van der Waals surface area contributed by atoms with Gasteiger partial charge in [-0.05, 0) is 45.3 Å². The van der Waals surface area contributed by atoms with Crippen LogP contribution in [0.15, 0.2) is 0 Å². The molecule has 7 nitrogen and oxygen atoms in total. The van der Waals surface area contributed by atoms with Crippen molar-refractivity contribution in [2.75, 3.05) is 19.6 Å². The molecule has 25 heavy (non-hydrogen) atoms. The second kappa shape index (κ2) is 15.7. The van der Waals surface area contributed by atoms with Crippen LogP contribution in [0.25, 0.3) is 0 Å². The predicted octanol–water partition coefficient (Wildman–Crippen LogP) is 1.50. The first-order valence-corrected chi connectivity index (χ1v) is 9.02. The molecule has 8 heteroatoms. The molecule has 0 amide bonds. The first-order valence-electron chi connectivity index (χ1n) is 9.02. The van der Waals surface area contributed by atoms with Crippen molar-refractivity contribution in [3.8, 4) is 0 Å². The fourth-order valence-electron chi connectivity index (χ4n) is 2.76. The molecule has 0 unspecified atom stereocenters. The minimum Gasteiger partial charge on any atom is -0.481 e. The van der Waals surface area contributed by atoms with E-state index in [9.17, 15) is 9.59 Å². The van der Waals surface area contributed by atoms with Crippen LogP contribution in [0.1, 0.15) is 58.8 Å². The SMILES string of the molecule is CCN(CC)CCCCC(C(=O)O)C(=O)O.N[C@@H]1CCCC[C@H]1N.[Pt]. The summed E-state index contributed by atoms with van der Waals surface area (Å²) < 4.78 is 0. The number of unbranched alkanes of at least 4 members (excludes halogenated alkanes) is 1. The van der Waals surface area contributed by atoms with Gasteiger partial charge in [0.15, 0.2) is 5.92 Å². The molecule has 6 N–H and O–H groups in total. The monoisotopic (exact) mass is 540 g/mol. The summed E-state index contributed by atoms with van der Waals surface area (Å²) >= 11 is 0. The standard InChI is InChI=1S/C11H21NO4.C6H14N2.Pt/c1-3-12(4-2)8-6-5-7-9(10(13)14)11(15)16;7-5-3-1-2-4-6(5)8;/h9H,3-8H2,1-2H3,(H,13,14)(H,15,16);5-6H,1-4,7-8H2;/t;5-,6-;/m.1./s1. The molecule has 1 fully saturated rings. The topological polar surface area (TPSA) is 130 Å². The Kier molecular flexibility index (Phi) is 16.8. The number of carboxylic acid groups (broad SMARTS) is 2. The molecule has 0 aliphatic heterocycles. The smallest absolute Gasteiger partial charge is 0.317 e. The Bertz CT molecular complexity index is 344. The van der Waals surface area contributed by atoms with Crippen molar-refractivity contribution in [1.29, 1.82) is 0 Å². The molecule has 0 heterocycles. The molecule has 0 aromatic carbocycles. The summed E-state index contributed by atoms with van der Waals surface area (Å²) in [6, 6.07) is 0.562. The predicted molar refractivity (Wildman–Crippen MR) is 94.8 cm³/mol. The van der Waals surface area contributed by atoms with Gasteiger partial charge in [0.05, 0.1) is 0 Å². The van der Waals surface area contributed by atoms with E-state index in [1.165, 1.54) is 12.8 Å². The molecule has 1 rings (SSSR count). The minimum atomic E-state index is -1.25. The summed E-state index contributed by atoms with van der Waals surface area (Å²) in [5.41, 5.74) is 11.3. The third kappa shape index (κ3) is 12.5. The summed E-state index contributed by atoms with van der Waals surface area (Å²) in [6.45, 7) is 6.98. The van der Waals surface area contributed by atoms with E-state index < -0.39 is 17.9 Å². The molecule has 1 saturated carbocycles. The van der Waals surface area contributed by atoms with Gasteiger partial charge in [-0.15, -0.1) is 0 Å². The molecule has 0 aromatic heterocycles. The van der Waals surface area contributed by atoms with Crippen LogP contribution >= 0.6 is 0 Å². The Labute approximate surface area is 165 Å². The van der Waals surface area contributed by atoms with Gasteiger partial charge >= 0.3 is 11.9 Å². The van der Waals surface area contributed by atoms with E-state index in [4.69, 9.17) is 21.7 Å². The normalized spacial score (nSPS) is 19.8. The first-order chi connectivity index (χ1) is 11.3. The van der Waals surface area contributed by atoms with Crippen LogP contribution in [-0.4, -0.2) is 58.8 Å². The van der Waals surface area contributed by atoms with Crippen LogP contribution in [0.5, 0.6) is 0 Å². The summed E-state index contributed by atoms with van der Waals surface area (Å²) in [4.78, 5) is 23.4. The Morgan fingerprint density at radius 1 is 1.00 bits per heavy atom.